The Bertz CT molecular complexity index is 773. The van der Waals surface area contributed by atoms with Crippen molar-refractivity contribution >= 4 is 17.4 Å². The second-order valence-corrected chi connectivity index (χ2v) is 5.94. The van der Waals surface area contributed by atoms with Crippen LogP contribution in [0.1, 0.15) is 36.0 Å². The van der Waals surface area contributed by atoms with Crippen LogP contribution in [0.3, 0.4) is 0 Å². The smallest absolute Gasteiger partial charge is 0.273 e. The van der Waals surface area contributed by atoms with Gasteiger partial charge < -0.3 is 4.74 Å². The van der Waals surface area contributed by atoms with Crippen molar-refractivity contribution in [3.8, 4) is 5.75 Å². The quantitative estimate of drug-likeness (QED) is 0.613. The molecule has 0 atom stereocenters. The maximum absolute atomic E-state index is 13.2. The summed E-state index contributed by atoms with van der Waals surface area (Å²) in [6.45, 7) is 0. The number of rotatable bonds is 5. The second-order valence-electron chi connectivity index (χ2n) is 5.94. The summed E-state index contributed by atoms with van der Waals surface area (Å²) in [6.07, 6.45) is 5.62. The topological polar surface area (TPSA) is 85.6 Å². The molecule has 1 aromatic heterocycles. The number of nitro groups is 1. The minimum atomic E-state index is -0.510. The molecule has 0 spiro atoms. The molecule has 3 rings (SSSR count). The number of hydrogen-bond acceptors (Lipinski definition) is 5. The number of carbonyl (C=O) groups excluding carboxylic acids is 1. The monoisotopic (exact) mass is 341 g/mol. The highest BCUT2D eigenvalue weighted by Crippen LogP contribution is 2.32. The number of amides is 1. The highest BCUT2D eigenvalue weighted by Gasteiger charge is 2.31. The third-order valence-corrected chi connectivity index (χ3v) is 4.43. The van der Waals surface area contributed by atoms with E-state index in [2.05, 4.69) is 4.98 Å². The van der Waals surface area contributed by atoms with E-state index >= 15 is 0 Å². The Morgan fingerprint density at radius 1 is 1.28 bits per heavy atom. The fourth-order valence-corrected chi connectivity index (χ4v) is 3.22. The van der Waals surface area contributed by atoms with Crippen molar-refractivity contribution in [3.63, 3.8) is 0 Å². The van der Waals surface area contributed by atoms with Crippen molar-refractivity contribution in [1.29, 1.82) is 0 Å². The molecule has 1 saturated carbocycles. The van der Waals surface area contributed by atoms with Crippen LogP contribution in [0.25, 0.3) is 0 Å². The van der Waals surface area contributed by atoms with E-state index in [0.717, 1.165) is 25.7 Å². The van der Waals surface area contributed by atoms with Crippen molar-refractivity contribution < 1.29 is 14.5 Å². The highest BCUT2D eigenvalue weighted by atomic mass is 16.6. The Kier molecular flexibility index (Phi) is 4.92. The first-order chi connectivity index (χ1) is 12.1. The predicted octanol–water partition coefficient (Wildman–Crippen LogP) is 3.59. The van der Waals surface area contributed by atoms with Crippen LogP contribution in [-0.2, 0) is 0 Å². The molecule has 1 amide bonds. The summed E-state index contributed by atoms with van der Waals surface area (Å²) in [7, 11) is 1.40. The van der Waals surface area contributed by atoms with Gasteiger partial charge in [0.1, 0.15) is 11.6 Å². The molecule has 7 nitrogen and oxygen atoms in total. The number of non-ortho nitro benzene ring substituents is 1. The van der Waals surface area contributed by atoms with Crippen molar-refractivity contribution in [3.05, 3.63) is 58.3 Å². The Morgan fingerprint density at radius 3 is 2.64 bits per heavy atom. The van der Waals surface area contributed by atoms with Gasteiger partial charge in [-0.15, -0.1) is 0 Å². The predicted molar refractivity (Wildman–Crippen MR) is 93.0 cm³/mol. The molecule has 0 aliphatic heterocycles. The SMILES string of the molecule is COc1cc([N+](=O)[O-])ccc1C(=O)N(c1ccccn1)C1CCCC1. The van der Waals surface area contributed by atoms with Crippen LogP contribution in [0, 0.1) is 10.1 Å². The molecule has 1 aliphatic carbocycles. The summed E-state index contributed by atoms with van der Waals surface area (Å²) >= 11 is 0. The second kappa shape index (κ2) is 7.29. The van der Waals surface area contributed by atoms with Gasteiger partial charge in [-0.2, -0.15) is 0 Å². The molecule has 0 unspecified atom stereocenters. The fourth-order valence-electron chi connectivity index (χ4n) is 3.22. The molecule has 0 bridgehead atoms. The molecule has 7 heteroatoms. The number of nitrogens with zero attached hydrogens (tertiary/aromatic N) is 3. The van der Waals surface area contributed by atoms with E-state index in [9.17, 15) is 14.9 Å². The molecule has 0 N–H and O–H groups in total. The van der Waals surface area contributed by atoms with Gasteiger partial charge in [-0.1, -0.05) is 18.9 Å². The van der Waals surface area contributed by atoms with E-state index in [0.29, 0.717) is 11.4 Å². The number of methoxy groups -OCH3 is 1. The Hall–Kier alpha value is -2.96. The van der Waals surface area contributed by atoms with Gasteiger partial charge >= 0.3 is 0 Å². The Labute approximate surface area is 145 Å². The minimum Gasteiger partial charge on any atom is -0.496 e. The van der Waals surface area contributed by atoms with Gasteiger partial charge in [0.2, 0.25) is 0 Å². The van der Waals surface area contributed by atoms with E-state index in [4.69, 9.17) is 4.74 Å². The lowest BCUT2D eigenvalue weighted by molar-refractivity contribution is -0.384. The molecule has 0 saturated heterocycles. The molecule has 130 valence electrons. The van der Waals surface area contributed by atoms with Crippen molar-refractivity contribution in [2.75, 3.05) is 12.0 Å². The lowest BCUT2D eigenvalue weighted by atomic mass is 10.1. The van der Waals surface area contributed by atoms with E-state index in [1.165, 1.54) is 25.3 Å². The van der Waals surface area contributed by atoms with Gasteiger partial charge in [-0.05, 0) is 31.0 Å². The average Bonchev–Trinajstić information content (AvgIpc) is 3.16. The summed E-state index contributed by atoms with van der Waals surface area (Å²) in [5, 5.41) is 11.0. The molecular formula is C18H19N3O4. The van der Waals surface area contributed by atoms with Gasteiger partial charge in [-0.3, -0.25) is 19.8 Å². The molecule has 25 heavy (non-hydrogen) atoms. The maximum atomic E-state index is 13.2. The number of ether oxygens (including phenoxy) is 1. The van der Waals surface area contributed by atoms with E-state index in [1.807, 2.05) is 6.07 Å². The lowest BCUT2D eigenvalue weighted by Gasteiger charge is -2.28. The zero-order valence-corrected chi connectivity index (χ0v) is 13.9. The summed E-state index contributed by atoms with van der Waals surface area (Å²) in [6, 6.07) is 9.55. The van der Waals surface area contributed by atoms with E-state index in [-0.39, 0.29) is 23.4 Å². The largest absolute Gasteiger partial charge is 0.496 e. The summed E-state index contributed by atoms with van der Waals surface area (Å²) in [4.78, 5) is 29.7. The van der Waals surface area contributed by atoms with Crippen LogP contribution in [-0.4, -0.2) is 29.0 Å². The number of anilines is 1. The van der Waals surface area contributed by atoms with E-state index in [1.54, 1.807) is 23.2 Å². The third kappa shape index (κ3) is 3.45. The normalized spacial score (nSPS) is 14.3. The van der Waals surface area contributed by atoms with Gasteiger partial charge in [0.25, 0.3) is 11.6 Å². The number of pyridine rings is 1. The Balaban J connectivity index is 2.01. The summed E-state index contributed by atoms with van der Waals surface area (Å²) in [5.74, 6) is 0.523. The van der Waals surface area contributed by atoms with Crippen LogP contribution >= 0.6 is 0 Å². The molecule has 2 aromatic rings. The van der Waals surface area contributed by atoms with Crippen LogP contribution < -0.4 is 9.64 Å². The van der Waals surface area contributed by atoms with Gasteiger partial charge in [0.15, 0.2) is 0 Å². The van der Waals surface area contributed by atoms with Crippen LogP contribution in [0.2, 0.25) is 0 Å². The summed E-state index contributed by atoms with van der Waals surface area (Å²) < 4.78 is 5.23. The van der Waals surface area contributed by atoms with Crippen molar-refractivity contribution in [1.82, 2.24) is 4.98 Å². The molecule has 1 heterocycles. The molecule has 1 fully saturated rings. The number of benzene rings is 1. The molecule has 1 aliphatic rings. The number of nitro benzene ring substituents is 1. The van der Waals surface area contributed by atoms with Crippen molar-refractivity contribution in [2.45, 2.75) is 31.7 Å². The highest BCUT2D eigenvalue weighted by molar-refractivity contribution is 6.08. The minimum absolute atomic E-state index is 0.0716. The zero-order chi connectivity index (χ0) is 17.8. The first-order valence-corrected chi connectivity index (χ1v) is 8.19. The summed E-state index contributed by atoms with van der Waals surface area (Å²) in [5.41, 5.74) is 0.185. The lowest BCUT2D eigenvalue weighted by Crippen LogP contribution is -2.39. The Morgan fingerprint density at radius 2 is 2.04 bits per heavy atom. The van der Waals surface area contributed by atoms with Gasteiger partial charge in [-0.25, -0.2) is 4.98 Å². The first-order valence-electron chi connectivity index (χ1n) is 8.19. The standard InChI is InChI=1S/C18H19N3O4/c1-25-16-12-14(21(23)24)9-10-15(16)18(22)20(13-6-2-3-7-13)17-8-4-5-11-19-17/h4-5,8-13H,2-3,6-7H2,1H3. The molecule has 1 aromatic carbocycles. The third-order valence-electron chi connectivity index (χ3n) is 4.43. The zero-order valence-electron chi connectivity index (χ0n) is 13.9. The molecular weight excluding hydrogens is 322 g/mol. The van der Waals surface area contributed by atoms with E-state index < -0.39 is 4.92 Å². The van der Waals surface area contributed by atoms with Crippen LogP contribution in [0.5, 0.6) is 5.75 Å². The first kappa shape index (κ1) is 16.9. The van der Waals surface area contributed by atoms with Crippen LogP contribution in [0.15, 0.2) is 42.6 Å². The fraction of sp³-hybridized carbons (Fsp3) is 0.333. The van der Waals surface area contributed by atoms with Gasteiger partial charge in [0.05, 0.1) is 23.7 Å². The number of hydrogen-bond donors (Lipinski definition) is 0. The maximum Gasteiger partial charge on any atom is 0.273 e. The number of carbonyl (C=O) groups is 1. The molecule has 0 radical (unpaired) electrons. The van der Waals surface area contributed by atoms with Gasteiger partial charge in [0, 0.05) is 18.3 Å². The average molecular weight is 341 g/mol. The van der Waals surface area contributed by atoms with Crippen LogP contribution in [0.4, 0.5) is 11.5 Å². The van der Waals surface area contributed by atoms with Crippen molar-refractivity contribution in [2.24, 2.45) is 0 Å². The number of aromatic nitrogens is 1.